The number of carbonyl (C=O) groups is 1. The second kappa shape index (κ2) is 6.59. The van der Waals surface area contributed by atoms with Gasteiger partial charge < -0.3 is 10.2 Å². The fourth-order valence-corrected chi connectivity index (χ4v) is 3.69. The number of rotatable bonds is 2. The van der Waals surface area contributed by atoms with E-state index >= 15 is 0 Å². The van der Waals surface area contributed by atoms with Crippen molar-refractivity contribution in [2.45, 2.75) is 25.2 Å². The summed E-state index contributed by atoms with van der Waals surface area (Å²) in [5.74, 6) is -1.39. The first kappa shape index (κ1) is 16.3. The van der Waals surface area contributed by atoms with Crippen LogP contribution in [0.3, 0.4) is 0 Å². The predicted molar refractivity (Wildman–Crippen MR) is 94.7 cm³/mol. The van der Waals surface area contributed by atoms with Gasteiger partial charge in [0.1, 0.15) is 11.7 Å². The first-order valence-electron chi connectivity index (χ1n) is 8.68. The minimum atomic E-state index is -0.992. The molecule has 2 N–H and O–H groups in total. The molecule has 0 radical (unpaired) electrons. The lowest BCUT2D eigenvalue weighted by atomic mass is 9.79. The molecule has 0 aliphatic carbocycles. The van der Waals surface area contributed by atoms with Crippen molar-refractivity contribution >= 4 is 17.7 Å². The first-order valence-corrected chi connectivity index (χ1v) is 8.68. The van der Waals surface area contributed by atoms with Crippen LogP contribution < -0.4 is 15.8 Å². The fraction of sp³-hybridized carbons (Fsp3) is 0.389. The van der Waals surface area contributed by atoms with Gasteiger partial charge in [0, 0.05) is 31.4 Å². The van der Waals surface area contributed by atoms with Crippen molar-refractivity contribution < 1.29 is 4.79 Å². The minimum Gasteiger partial charge on any atom is -0.342 e. The van der Waals surface area contributed by atoms with Crippen molar-refractivity contribution in [1.29, 1.82) is 5.26 Å². The molecule has 8 nitrogen and oxygen atoms in total. The van der Waals surface area contributed by atoms with E-state index in [-0.39, 0.29) is 11.4 Å². The van der Waals surface area contributed by atoms with Gasteiger partial charge in [-0.2, -0.15) is 10.2 Å². The van der Waals surface area contributed by atoms with Gasteiger partial charge in [-0.25, -0.2) is 0 Å². The predicted octanol–water partition coefficient (Wildman–Crippen LogP) is 1.38. The minimum absolute atomic E-state index is 0.243. The van der Waals surface area contributed by atoms with E-state index in [4.69, 9.17) is 0 Å². The molecule has 2 aromatic rings. The number of nitriles is 1. The molecule has 2 aliphatic rings. The third-order valence-electron chi connectivity index (χ3n) is 4.97. The van der Waals surface area contributed by atoms with Gasteiger partial charge in [0.05, 0.1) is 11.6 Å². The highest BCUT2D eigenvalue weighted by atomic mass is 16.2. The summed E-state index contributed by atoms with van der Waals surface area (Å²) in [5.41, 5.74) is 0.696. The fourth-order valence-electron chi connectivity index (χ4n) is 3.69. The van der Waals surface area contributed by atoms with Crippen molar-refractivity contribution in [3.8, 4) is 6.07 Å². The van der Waals surface area contributed by atoms with Crippen LogP contribution in [0.5, 0.6) is 0 Å². The maximum atomic E-state index is 12.9. The number of anilines is 2. The van der Waals surface area contributed by atoms with Gasteiger partial charge in [0.15, 0.2) is 0 Å². The van der Waals surface area contributed by atoms with Crippen molar-refractivity contribution in [1.82, 2.24) is 15.0 Å². The number of hydrogen-bond donors (Lipinski definition) is 2. The summed E-state index contributed by atoms with van der Waals surface area (Å²) in [6, 6.07) is 5.46. The molecule has 4 heterocycles. The molecule has 0 bridgehead atoms. The molecule has 0 spiro atoms. The first-order chi connectivity index (χ1) is 12.7. The smallest absolute Gasteiger partial charge is 0.258 e. The van der Waals surface area contributed by atoms with E-state index in [2.05, 4.69) is 20.3 Å². The van der Waals surface area contributed by atoms with Gasteiger partial charge in [-0.05, 0) is 37.0 Å². The summed E-state index contributed by atoms with van der Waals surface area (Å²) in [6.07, 6.45) is 6.42. The van der Waals surface area contributed by atoms with Crippen LogP contribution >= 0.6 is 0 Å². The van der Waals surface area contributed by atoms with Crippen molar-refractivity contribution in [3.05, 3.63) is 46.0 Å². The number of carbonyl (C=O) groups excluding carboxylic acids is 1. The molecule has 1 saturated heterocycles. The average molecular weight is 350 g/mol. The number of aromatic amines is 1. The van der Waals surface area contributed by atoms with Crippen LogP contribution in [0.15, 0.2) is 29.3 Å². The van der Waals surface area contributed by atoms with Crippen LogP contribution in [0.25, 0.3) is 0 Å². The Balaban J connectivity index is 1.84. The molecular weight excluding hydrogens is 332 g/mol. The van der Waals surface area contributed by atoms with Crippen molar-refractivity contribution in [2.24, 2.45) is 5.92 Å². The van der Waals surface area contributed by atoms with Crippen LogP contribution in [-0.4, -0.2) is 33.9 Å². The number of nitrogens with one attached hydrogen (secondary N) is 2. The number of piperidine rings is 1. The highest BCUT2D eigenvalue weighted by Gasteiger charge is 2.40. The average Bonchev–Trinajstić information content (AvgIpc) is 2.68. The zero-order valence-electron chi connectivity index (χ0n) is 14.1. The highest BCUT2D eigenvalue weighted by molar-refractivity contribution is 5.97. The van der Waals surface area contributed by atoms with Gasteiger partial charge >= 0.3 is 0 Å². The normalized spacial score (nSPS) is 22.3. The Morgan fingerprint density at radius 1 is 1.15 bits per heavy atom. The molecule has 8 heteroatoms. The molecule has 0 unspecified atom stereocenters. The van der Waals surface area contributed by atoms with Crippen LogP contribution in [0, 0.1) is 17.2 Å². The Kier molecular flexibility index (Phi) is 4.13. The van der Waals surface area contributed by atoms with E-state index in [1.807, 2.05) is 11.0 Å². The Labute approximate surface area is 149 Å². The van der Waals surface area contributed by atoms with Gasteiger partial charge in [0.25, 0.3) is 5.56 Å². The maximum Gasteiger partial charge on any atom is 0.258 e. The van der Waals surface area contributed by atoms with E-state index in [9.17, 15) is 14.9 Å². The summed E-state index contributed by atoms with van der Waals surface area (Å²) < 4.78 is 0. The standard InChI is InChI=1S/C18H18N6O2/c19-10-12-13(11-4-6-20-7-5-11)14-15(21-16(12)25)22-18(23-17(14)26)24-8-2-1-3-9-24/h4-7,12-13H,1-3,8-9H2,(H2,21,22,23,25,26)/t12-,13+/m1/s1. The molecule has 26 heavy (non-hydrogen) atoms. The maximum absolute atomic E-state index is 12.9. The molecular formula is C18H18N6O2. The lowest BCUT2D eigenvalue weighted by Gasteiger charge is -2.31. The van der Waals surface area contributed by atoms with Crippen LogP contribution in [0.1, 0.15) is 36.3 Å². The number of H-pyrrole nitrogens is 1. The molecule has 132 valence electrons. The summed E-state index contributed by atoms with van der Waals surface area (Å²) in [4.78, 5) is 38.7. The molecule has 0 aromatic carbocycles. The number of amides is 1. The monoisotopic (exact) mass is 350 g/mol. The Bertz CT molecular complexity index is 927. The lowest BCUT2D eigenvalue weighted by Crippen LogP contribution is -2.40. The third kappa shape index (κ3) is 2.71. The Morgan fingerprint density at radius 3 is 2.58 bits per heavy atom. The lowest BCUT2D eigenvalue weighted by molar-refractivity contribution is -0.119. The molecule has 2 atom stereocenters. The Morgan fingerprint density at radius 2 is 1.88 bits per heavy atom. The van der Waals surface area contributed by atoms with Gasteiger partial charge in [-0.1, -0.05) is 0 Å². The third-order valence-corrected chi connectivity index (χ3v) is 4.97. The van der Waals surface area contributed by atoms with Crippen LogP contribution in [0.2, 0.25) is 0 Å². The molecule has 2 aliphatic heterocycles. The largest absolute Gasteiger partial charge is 0.342 e. The van der Waals surface area contributed by atoms with Gasteiger partial charge in [0.2, 0.25) is 11.9 Å². The van der Waals surface area contributed by atoms with E-state index in [0.29, 0.717) is 17.1 Å². The molecule has 4 rings (SSSR count). The van der Waals surface area contributed by atoms with Crippen LogP contribution in [0.4, 0.5) is 11.8 Å². The van der Waals surface area contributed by atoms with E-state index < -0.39 is 17.7 Å². The zero-order chi connectivity index (χ0) is 18.1. The second-order valence-corrected chi connectivity index (χ2v) is 6.55. The quantitative estimate of drug-likeness (QED) is 0.845. The molecule has 0 saturated carbocycles. The number of hydrogen-bond acceptors (Lipinski definition) is 6. The SMILES string of the molecule is N#C[C@H]1C(=O)Nc2nc(N3CCCCC3)[nH]c(=O)c2[C@H]1c1ccncc1. The summed E-state index contributed by atoms with van der Waals surface area (Å²) >= 11 is 0. The van der Waals surface area contributed by atoms with Gasteiger partial charge in [-0.15, -0.1) is 0 Å². The molecule has 1 amide bonds. The summed E-state index contributed by atoms with van der Waals surface area (Å²) in [5, 5.41) is 12.1. The van der Waals surface area contributed by atoms with Crippen molar-refractivity contribution in [2.75, 3.05) is 23.3 Å². The Hall–Kier alpha value is -3.21. The molecule has 1 fully saturated rings. The second-order valence-electron chi connectivity index (χ2n) is 6.55. The summed E-state index contributed by atoms with van der Waals surface area (Å²) in [6.45, 7) is 1.65. The topological polar surface area (TPSA) is 115 Å². The highest BCUT2D eigenvalue weighted by Crippen LogP contribution is 2.37. The summed E-state index contributed by atoms with van der Waals surface area (Å²) in [7, 11) is 0. The van der Waals surface area contributed by atoms with Gasteiger partial charge in [-0.3, -0.25) is 19.6 Å². The number of aromatic nitrogens is 3. The van der Waals surface area contributed by atoms with E-state index in [0.717, 1.165) is 32.4 Å². The van der Waals surface area contributed by atoms with E-state index in [1.54, 1.807) is 24.5 Å². The number of pyridine rings is 1. The zero-order valence-corrected chi connectivity index (χ0v) is 14.1. The van der Waals surface area contributed by atoms with Crippen molar-refractivity contribution in [3.63, 3.8) is 0 Å². The number of nitrogens with zero attached hydrogens (tertiary/aromatic N) is 4. The molecule has 2 aromatic heterocycles. The van der Waals surface area contributed by atoms with Crippen LogP contribution in [-0.2, 0) is 4.79 Å². The number of fused-ring (bicyclic) bond motifs is 1. The van der Waals surface area contributed by atoms with E-state index in [1.165, 1.54) is 0 Å².